The molecule has 0 aliphatic carbocycles. The number of likely N-dealkylation sites (tertiary alicyclic amines) is 1. The van der Waals surface area contributed by atoms with Crippen molar-refractivity contribution < 1.29 is 9.59 Å². The summed E-state index contributed by atoms with van der Waals surface area (Å²) in [5.41, 5.74) is 2.15. The summed E-state index contributed by atoms with van der Waals surface area (Å²) in [5.74, 6) is 0.240. The second-order valence-electron chi connectivity index (χ2n) is 5.50. The number of H-pyrrole nitrogens is 1. The molecule has 0 spiro atoms. The molecule has 110 valence electrons. The SMILES string of the molecule is CC(=O)NC(C)C(=O)N1CCC(c2cc(C)[nH]n2)CC1. The van der Waals surface area contributed by atoms with Gasteiger partial charge in [0, 0.05) is 31.6 Å². The summed E-state index contributed by atoms with van der Waals surface area (Å²) in [6.45, 7) is 6.59. The molecule has 1 aromatic heterocycles. The van der Waals surface area contributed by atoms with Gasteiger partial charge in [-0.3, -0.25) is 14.7 Å². The highest BCUT2D eigenvalue weighted by Crippen LogP contribution is 2.27. The Morgan fingerprint density at radius 1 is 1.45 bits per heavy atom. The molecule has 0 radical (unpaired) electrons. The zero-order chi connectivity index (χ0) is 14.7. The van der Waals surface area contributed by atoms with Crippen molar-refractivity contribution in [2.75, 3.05) is 13.1 Å². The summed E-state index contributed by atoms with van der Waals surface area (Å²) in [6, 6.07) is 1.62. The first-order chi connectivity index (χ1) is 9.47. The lowest BCUT2D eigenvalue weighted by Crippen LogP contribution is -2.48. The van der Waals surface area contributed by atoms with Crippen LogP contribution in [0.25, 0.3) is 0 Å². The van der Waals surface area contributed by atoms with Crippen molar-refractivity contribution >= 4 is 11.8 Å². The third-order valence-corrected chi connectivity index (χ3v) is 3.74. The molecule has 2 amide bonds. The molecular weight excluding hydrogens is 256 g/mol. The molecule has 1 saturated heterocycles. The number of nitrogens with one attached hydrogen (secondary N) is 2. The number of hydrogen-bond acceptors (Lipinski definition) is 3. The van der Waals surface area contributed by atoms with Crippen molar-refractivity contribution in [1.82, 2.24) is 20.4 Å². The molecule has 1 atom stereocenters. The smallest absolute Gasteiger partial charge is 0.244 e. The summed E-state index contributed by atoms with van der Waals surface area (Å²) < 4.78 is 0. The number of hydrogen-bond donors (Lipinski definition) is 2. The molecule has 2 N–H and O–H groups in total. The van der Waals surface area contributed by atoms with Gasteiger partial charge in [0.25, 0.3) is 0 Å². The zero-order valence-corrected chi connectivity index (χ0v) is 12.3. The molecular formula is C14H22N4O2. The third-order valence-electron chi connectivity index (χ3n) is 3.74. The number of aromatic amines is 1. The molecule has 2 rings (SSSR count). The van der Waals surface area contributed by atoms with Crippen LogP contribution in [0.3, 0.4) is 0 Å². The highest BCUT2D eigenvalue weighted by Gasteiger charge is 2.27. The second kappa shape index (κ2) is 6.07. The van der Waals surface area contributed by atoms with Gasteiger partial charge < -0.3 is 10.2 Å². The Morgan fingerprint density at radius 3 is 2.60 bits per heavy atom. The van der Waals surface area contributed by atoms with Gasteiger partial charge in [-0.1, -0.05) is 0 Å². The van der Waals surface area contributed by atoms with E-state index in [0.717, 1.165) is 37.3 Å². The largest absolute Gasteiger partial charge is 0.345 e. The van der Waals surface area contributed by atoms with Crippen LogP contribution in [0.4, 0.5) is 0 Å². The van der Waals surface area contributed by atoms with Crippen molar-refractivity contribution in [3.63, 3.8) is 0 Å². The van der Waals surface area contributed by atoms with Crippen LogP contribution in [0.2, 0.25) is 0 Å². The quantitative estimate of drug-likeness (QED) is 0.864. The molecule has 0 aromatic carbocycles. The molecule has 2 heterocycles. The number of aromatic nitrogens is 2. The van der Waals surface area contributed by atoms with Gasteiger partial charge in [0.05, 0.1) is 5.69 Å². The number of amides is 2. The average Bonchev–Trinajstić information content (AvgIpc) is 2.84. The Bertz CT molecular complexity index is 489. The van der Waals surface area contributed by atoms with Gasteiger partial charge in [0.15, 0.2) is 0 Å². The van der Waals surface area contributed by atoms with Crippen LogP contribution in [-0.2, 0) is 9.59 Å². The highest BCUT2D eigenvalue weighted by molar-refractivity contribution is 5.86. The van der Waals surface area contributed by atoms with E-state index in [2.05, 4.69) is 21.6 Å². The number of aryl methyl sites for hydroxylation is 1. The first-order valence-electron chi connectivity index (χ1n) is 7.05. The summed E-state index contributed by atoms with van der Waals surface area (Å²) in [5, 5.41) is 9.90. The summed E-state index contributed by atoms with van der Waals surface area (Å²) >= 11 is 0. The molecule has 0 bridgehead atoms. The Morgan fingerprint density at radius 2 is 2.10 bits per heavy atom. The molecule has 1 aliphatic rings. The molecule has 1 aliphatic heterocycles. The Hall–Kier alpha value is -1.85. The van der Waals surface area contributed by atoms with Crippen LogP contribution in [0, 0.1) is 6.92 Å². The Labute approximate surface area is 118 Å². The van der Waals surface area contributed by atoms with E-state index in [4.69, 9.17) is 0 Å². The number of carbonyl (C=O) groups excluding carboxylic acids is 2. The summed E-state index contributed by atoms with van der Waals surface area (Å²) in [4.78, 5) is 25.0. The van der Waals surface area contributed by atoms with Crippen molar-refractivity contribution in [2.24, 2.45) is 0 Å². The van der Waals surface area contributed by atoms with Crippen LogP contribution in [0.1, 0.15) is 44.0 Å². The topological polar surface area (TPSA) is 78.1 Å². The molecule has 1 fully saturated rings. The lowest BCUT2D eigenvalue weighted by molar-refractivity contribution is -0.136. The predicted octanol–water partition coefficient (Wildman–Crippen LogP) is 0.949. The maximum absolute atomic E-state index is 12.2. The normalized spacial score (nSPS) is 17.9. The third kappa shape index (κ3) is 3.37. The number of piperidine rings is 1. The number of carbonyl (C=O) groups is 2. The lowest BCUT2D eigenvalue weighted by atomic mass is 9.93. The maximum Gasteiger partial charge on any atom is 0.244 e. The van der Waals surface area contributed by atoms with Gasteiger partial charge in [0.1, 0.15) is 6.04 Å². The summed E-state index contributed by atoms with van der Waals surface area (Å²) in [6.07, 6.45) is 1.84. The molecule has 1 unspecified atom stereocenters. The minimum absolute atomic E-state index is 0.00291. The van der Waals surface area contributed by atoms with E-state index in [1.54, 1.807) is 6.92 Å². The van der Waals surface area contributed by atoms with Gasteiger partial charge in [-0.2, -0.15) is 5.10 Å². The van der Waals surface area contributed by atoms with E-state index in [0.29, 0.717) is 5.92 Å². The van der Waals surface area contributed by atoms with E-state index in [1.165, 1.54) is 6.92 Å². The Balaban J connectivity index is 1.87. The fourth-order valence-corrected chi connectivity index (χ4v) is 2.68. The minimum Gasteiger partial charge on any atom is -0.345 e. The molecule has 0 saturated carbocycles. The van der Waals surface area contributed by atoms with E-state index >= 15 is 0 Å². The average molecular weight is 278 g/mol. The highest BCUT2D eigenvalue weighted by atomic mass is 16.2. The van der Waals surface area contributed by atoms with Crippen LogP contribution in [0.15, 0.2) is 6.07 Å². The lowest BCUT2D eigenvalue weighted by Gasteiger charge is -2.33. The number of nitrogens with zero attached hydrogens (tertiary/aromatic N) is 2. The van der Waals surface area contributed by atoms with E-state index in [9.17, 15) is 9.59 Å². The zero-order valence-electron chi connectivity index (χ0n) is 12.3. The molecule has 20 heavy (non-hydrogen) atoms. The van der Waals surface area contributed by atoms with E-state index < -0.39 is 6.04 Å². The van der Waals surface area contributed by atoms with Crippen molar-refractivity contribution in [1.29, 1.82) is 0 Å². The fourth-order valence-electron chi connectivity index (χ4n) is 2.68. The maximum atomic E-state index is 12.2. The molecule has 6 heteroatoms. The Kier molecular flexibility index (Phi) is 4.42. The standard InChI is InChI=1S/C14H22N4O2/c1-9-8-13(17-16-9)12-4-6-18(7-5-12)14(20)10(2)15-11(3)19/h8,10,12H,4-7H2,1-3H3,(H,15,19)(H,16,17). The van der Waals surface area contributed by atoms with Crippen molar-refractivity contribution in [2.45, 2.75) is 45.6 Å². The van der Waals surface area contributed by atoms with Crippen molar-refractivity contribution in [3.05, 3.63) is 17.5 Å². The molecule has 1 aromatic rings. The van der Waals surface area contributed by atoms with Gasteiger partial charge >= 0.3 is 0 Å². The predicted molar refractivity (Wildman–Crippen MR) is 75.2 cm³/mol. The van der Waals surface area contributed by atoms with Crippen molar-refractivity contribution in [3.8, 4) is 0 Å². The van der Waals surface area contributed by atoms with Gasteiger partial charge in [-0.05, 0) is 32.8 Å². The fraction of sp³-hybridized carbons (Fsp3) is 0.643. The van der Waals surface area contributed by atoms with Crippen LogP contribution >= 0.6 is 0 Å². The van der Waals surface area contributed by atoms with E-state index in [-0.39, 0.29) is 11.8 Å². The first kappa shape index (κ1) is 14.6. The second-order valence-corrected chi connectivity index (χ2v) is 5.50. The number of rotatable bonds is 3. The van der Waals surface area contributed by atoms with Gasteiger partial charge in [-0.15, -0.1) is 0 Å². The monoisotopic (exact) mass is 278 g/mol. The van der Waals surface area contributed by atoms with Gasteiger partial charge in [0.2, 0.25) is 11.8 Å². The van der Waals surface area contributed by atoms with Gasteiger partial charge in [-0.25, -0.2) is 0 Å². The minimum atomic E-state index is -0.448. The van der Waals surface area contributed by atoms with E-state index in [1.807, 2.05) is 11.8 Å². The van der Waals surface area contributed by atoms with Crippen LogP contribution in [-0.4, -0.2) is 46.0 Å². The van der Waals surface area contributed by atoms with Crippen LogP contribution < -0.4 is 5.32 Å². The first-order valence-corrected chi connectivity index (χ1v) is 7.05. The van der Waals surface area contributed by atoms with Crippen LogP contribution in [0.5, 0.6) is 0 Å². The molecule has 6 nitrogen and oxygen atoms in total. The summed E-state index contributed by atoms with van der Waals surface area (Å²) in [7, 11) is 0.